The topological polar surface area (TPSA) is 96.0 Å². The zero-order valence-corrected chi connectivity index (χ0v) is 28.5. The molecule has 1 N–H and O–H groups in total. The second kappa shape index (κ2) is 17.0. The Hall–Kier alpha value is -4.15. The van der Waals surface area contributed by atoms with Gasteiger partial charge in [0.25, 0.3) is 10.0 Å². The van der Waals surface area contributed by atoms with Crippen LogP contribution in [0.1, 0.15) is 37.8 Å². The predicted octanol–water partition coefficient (Wildman–Crippen LogP) is 6.60. The number of hydrogen-bond donors (Lipinski definition) is 1. The van der Waals surface area contributed by atoms with Crippen LogP contribution in [0.3, 0.4) is 0 Å². The highest BCUT2D eigenvalue weighted by Gasteiger charge is 2.35. The van der Waals surface area contributed by atoms with Crippen LogP contribution in [-0.2, 0) is 32.6 Å². The summed E-state index contributed by atoms with van der Waals surface area (Å²) in [7, 11) is -4.23. The van der Waals surface area contributed by atoms with Crippen LogP contribution in [0.2, 0.25) is 0 Å². The van der Waals surface area contributed by atoms with Crippen molar-refractivity contribution in [1.82, 2.24) is 10.2 Å². The molecule has 0 saturated carbocycles. The van der Waals surface area contributed by atoms with E-state index >= 15 is 0 Å². The quantitative estimate of drug-likeness (QED) is 0.133. The molecule has 0 saturated heterocycles. The fourth-order valence-corrected chi connectivity index (χ4v) is 6.73. The fraction of sp³-hybridized carbons (Fsp3) is 0.278. The summed E-state index contributed by atoms with van der Waals surface area (Å²) >= 11 is 3.46. The Morgan fingerprint density at radius 3 is 2.11 bits per heavy atom. The maximum atomic E-state index is 14.6. The first-order valence-corrected chi connectivity index (χ1v) is 17.6. The monoisotopic (exact) mass is 705 g/mol. The minimum atomic E-state index is -4.23. The Morgan fingerprint density at radius 1 is 0.826 bits per heavy atom. The van der Waals surface area contributed by atoms with E-state index in [0.717, 1.165) is 32.7 Å². The SMILES string of the molecule is CCCCNC(=O)[C@H](Cc1ccccc1)N(Cc1ccc(Br)cc1)C(=O)CN(c1ccccc1OCC)S(=O)(=O)c1ccccc1. The van der Waals surface area contributed by atoms with Crippen molar-refractivity contribution in [2.45, 2.75) is 50.6 Å². The van der Waals surface area contributed by atoms with Crippen LogP contribution in [0.15, 0.2) is 119 Å². The first-order chi connectivity index (χ1) is 22.2. The summed E-state index contributed by atoms with van der Waals surface area (Å²) in [6.45, 7) is 4.17. The lowest BCUT2D eigenvalue weighted by atomic mass is 10.0. The molecule has 0 aliphatic carbocycles. The number of sulfonamides is 1. The summed E-state index contributed by atoms with van der Waals surface area (Å²) in [6.07, 6.45) is 1.94. The standard InChI is InChI=1S/C36H40BrN3O5S/c1-3-5-24-38-36(42)33(25-28-14-8-6-9-15-28)39(26-29-20-22-30(37)23-21-29)35(41)27-40(32-18-12-13-19-34(32)45-4-2)46(43,44)31-16-10-7-11-17-31/h6-23,33H,3-5,24-27H2,1-2H3,(H,38,42)/t33-/m0/s1. The number of anilines is 1. The first-order valence-electron chi connectivity index (χ1n) is 15.4. The van der Waals surface area contributed by atoms with Gasteiger partial charge in [0.15, 0.2) is 0 Å². The Kier molecular flexibility index (Phi) is 12.8. The molecular weight excluding hydrogens is 666 g/mol. The van der Waals surface area contributed by atoms with Gasteiger partial charge in [-0.3, -0.25) is 13.9 Å². The van der Waals surface area contributed by atoms with E-state index < -0.39 is 28.5 Å². The van der Waals surface area contributed by atoms with Gasteiger partial charge in [0, 0.05) is 24.0 Å². The number of nitrogens with zero attached hydrogens (tertiary/aromatic N) is 2. The molecule has 4 aromatic carbocycles. The molecule has 0 aliphatic rings. The van der Waals surface area contributed by atoms with E-state index in [1.54, 1.807) is 42.5 Å². The van der Waals surface area contributed by atoms with E-state index in [4.69, 9.17) is 4.74 Å². The molecule has 0 aromatic heterocycles. The normalized spacial score (nSPS) is 11.8. The van der Waals surface area contributed by atoms with Gasteiger partial charge in [-0.1, -0.05) is 102 Å². The molecule has 1 atom stereocenters. The number of hydrogen-bond acceptors (Lipinski definition) is 5. The minimum Gasteiger partial charge on any atom is -0.492 e. The number of amides is 2. The molecule has 4 aromatic rings. The summed E-state index contributed by atoms with van der Waals surface area (Å²) in [4.78, 5) is 30.0. The van der Waals surface area contributed by atoms with Crippen molar-refractivity contribution >= 4 is 43.5 Å². The molecule has 242 valence electrons. The number of carbonyl (C=O) groups is 2. The van der Waals surface area contributed by atoms with Crippen LogP contribution >= 0.6 is 15.9 Å². The van der Waals surface area contributed by atoms with Crippen molar-refractivity contribution in [3.63, 3.8) is 0 Å². The third-order valence-corrected chi connectivity index (χ3v) is 9.71. The van der Waals surface area contributed by atoms with E-state index in [-0.39, 0.29) is 29.5 Å². The minimum absolute atomic E-state index is 0.0340. The summed E-state index contributed by atoms with van der Waals surface area (Å²) in [5, 5.41) is 3.01. The third-order valence-electron chi connectivity index (χ3n) is 7.41. The number of rotatable bonds is 16. The fourth-order valence-electron chi connectivity index (χ4n) is 5.02. The Balaban J connectivity index is 1.81. The maximum Gasteiger partial charge on any atom is 0.264 e. The van der Waals surface area contributed by atoms with E-state index in [0.29, 0.717) is 18.9 Å². The molecule has 0 aliphatic heterocycles. The van der Waals surface area contributed by atoms with Crippen LogP contribution in [0, 0.1) is 0 Å². The number of unbranched alkanes of at least 4 members (excludes halogenated alkanes) is 1. The summed E-state index contributed by atoms with van der Waals surface area (Å²) in [5.74, 6) is -0.495. The van der Waals surface area contributed by atoms with Crippen molar-refractivity contribution in [2.24, 2.45) is 0 Å². The highest BCUT2D eigenvalue weighted by atomic mass is 79.9. The van der Waals surface area contributed by atoms with Gasteiger partial charge in [-0.2, -0.15) is 0 Å². The molecule has 0 heterocycles. The molecule has 4 rings (SSSR count). The van der Waals surface area contributed by atoms with E-state index in [1.165, 1.54) is 17.0 Å². The molecule has 10 heteroatoms. The molecule has 8 nitrogen and oxygen atoms in total. The average Bonchev–Trinajstić information content (AvgIpc) is 3.07. The molecule has 2 amide bonds. The largest absolute Gasteiger partial charge is 0.492 e. The van der Waals surface area contributed by atoms with Gasteiger partial charge in [-0.15, -0.1) is 0 Å². The number of benzene rings is 4. The molecule has 0 unspecified atom stereocenters. The molecular formula is C36H40BrN3O5S. The highest BCUT2D eigenvalue weighted by molar-refractivity contribution is 9.10. The second-order valence-corrected chi connectivity index (χ2v) is 13.5. The van der Waals surface area contributed by atoms with Crippen LogP contribution in [0.25, 0.3) is 0 Å². The lowest BCUT2D eigenvalue weighted by Gasteiger charge is -2.34. The third kappa shape index (κ3) is 9.20. The summed E-state index contributed by atoms with van der Waals surface area (Å²) in [5.41, 5.74) is 1.91. The van der Waals surface area contributed by atoms with Crippen molar-refractivity contribution in [3.05, 3.63) is 125 Å². The van der Waals surface area contributed by atoms with Crippen molar-refractivity contribution in [1.29, 1.82) is 0 Å². The zero-order valence-electron chi connectivity index (χ0n) is 26.1. The number of ether oxygens (including phenoxy) is 1. The van der Waals surface area contributed by atoms with Crippen LogP contribution in [-0.4, -0.2) is 50.9 Å². The lowest BCUT2D eigenvalue weighted by molar-refractivity contribution is -0.140. The van der Waals surface area contributed by atoms with E-state index in [2.05, 4.69) is 21.2 Å². The van der Waals surface area contributed by atoms with Crippen molar-refractivity contribution in [2.75, 3.05) is 24.0 Å². The molecule has 0 fully saturated rings. The molecule has 46 heavy (non-hydrogen) atoms. The maximum absolute atomic E-state index is 14.6. The zero-order chi connectivity index (χ0) is 32.9. The Morgan fingerprint density at radius 2 is 1.46 bits per heavy atom. The van der Waals surface area contributed by atoms with E-state index in [1.807, 2.05) is 68.4 Å². The Labute approximate surface area is 280 Å². The Bertz CT molecular complexity index is 1670. The van der Waals surface area contributed by atoms with Crippen molar-refractivity contribution in [3.8, 4) is 5.75 Å². The number of carbonyl (C=O) groups excluding carboxylic acids is 2. The van der Waals surface area contributed by atoms with Crippen LogP contribution < -0.4 is 14.4 Å². The van der Waals surface area contributed by atoms with Gasteiger partial charge in [0.1, 0.15) is 18.3 Å². The number of nitrogens with one attached hydrogen (secondary N) is 1. The first kappa shape index (κ1) is 34.7. The van der Waals surface area contributed by atoms with Gasteiger partial charge in [-0.05, 0) is 60.9 Å². The number of halogens is 1. The number of para-hydroxylation sites is 2. The molecule has 0 radical (unpaired) electrons. The van der Waals surface area contributed by atoms with Gasteiger partial charge < -0.3 is 15.0 Å². The van der Waals surface area contributed by atoms with Gasteiger partial charge in [-0.25, -0.2) is 8.42 Å². The molecule has 0 spiro atoms. The lowest BCUT2D eigenvalue weighted by Crippen LogP contribution is -2.53. The van der Waals surface area contributed by atoms with Gasteiger partial charge in [0.2, 0.25) is 11.8 Å². The second-order valence-electron chi connectivity index (χ2n) is 10.7. The smallest absolute Gasteiger partial charge is 0.264 e. The van der Waals surface area contributed by atoms with Crippen molar-refractivity contribution < 1.29 is 22.7 Å². The van der Waals surface area contributed by atoms with E-state index in [9.17, 15) is 18.0 Å². The van der Waals surface area contributed by atoms with Crippen LogP contribution in [0.4, 0.5) is 5.69 Å². The van der Waals surface area contributed by atoms with Crippen LogP contribution in [0.5, 0.6) is 5.75 Å². The summed E-state index contributed by atoms with van der Waals surface area (Å²) < 4.78 is 36.2. The molecule has 0 bridgehead atoms. The van der Waals surface area contributed by atoms with Gasteiger partial charge in [0.05, 0.1) is 17.2 Å². The highest BCUT2D eigenvalue weighted by Crippen LogP contribution is 2.33. The summed E-state index contributed by atoms with van der Waals surface area (Å²) in [6, 6.07) is 30.8. The predicted molar refractivity (Wildman–Crippen MR) is 185 cm³/mol. The average molecular weight is 707 g/mol. The van der Waals surface area contributed by atoms with Gasteiger partial charge >= 0.3 is 0 Å².